The molecule has 5 nitrogen and oxygen atoms in total. The zero-order valence-corrected chi connectivity index (χ0v) is 12.7. The van der Waals surface area contributed by atoms with Crippen LogP contribution in [0.15, 0.2) is 23.1 Å². The van der Waals surface area contributed by atoms with Gasteiger partial charge in [0.1, 0.15) is 5.82 Å². The molecule has 1 aromatic carbocycles. The van der Waals surface area contributed by atoms with Gasteiger partial charge < -0.3 is 5.73 Å². The second-order valence-corrected chi connectivity index (χ2v) is 7.67. The Morgan fingerprint density at radius 1 is 1.19 bits per heavy atom. The van der Waals surface area contributed by atoms with Gasteiger partial charge in [-0.2, -0.15) is 4.31 Å². The predicted molar refractivity (Wildman–Crippen MR) is 78.8 cm³/mol. The van der Waals surface area contributed by atoms with Crippen LogP contribution in [0.5, 0.6) is 0 Å². The second kappa shape index (κ2) is 5.55. The van der Waals surface area contributed by atoms with Crippen molar-refractivity contribution < 1.29 is 12.8 Å². The van der Waals surface area contributed by atoms with Crippen molar-refractivity contribution in [3.05, 3.63) is 24.0 Å². The molecule has 2 saturated heterocycles. The van der Waals surface area contributed by atoms with E-state index in [-0.39, 0.29) is 10.6 Å². The Bertz CT molecular complexity index is 629. The zero-order chi connectivity index (χ0) is 15.0. The lowest BCUT2D eigenvalue weighted by Gasteiger charge is -2.23. The Balaban J connectivity index is 1.77. The first-order valence-corrected chi connectivity index (χ1v) is 8.72. The van der Waals surface area contributed by atoms with Crippen LogP contribution in [-0.4, -0.2) is 49.8 Å². The van der Waals surface area contributed by atoms with E-state index < -0.39 is 15.8 Å². The van der Waals surface area contributed by atoms with Crippen LogP contribution >= 0.6 is 0 Å². The fraction of sp³-hybridized carbons (Fsp3) is 0.571. The van der Waals surface area contributed by atoms with Crippen molar-refractivity contribution in [1.29, 1.82) is 0 Å². The molecule has 0 saturated carbocycles. The number of hydrogen-bond acceptors (Lipinski definition) is 4. The first-order valence-electron chi connectivity index (χ1n) is 7.28. The number of nitrogen functional groups attached to an aromatic ring is 1. The molecule has 0 aromatic heterocycles. The van der Waals surface area contributed by atoms with E-state index in [4.69, 9.17) is 5.73 Å². The number of likely N-dealkylation sites (tertiary alicyclic amines) is 1. The van der Waals surface area contributed by atoms with Crippen LogP contribution in [0.25, 0.3) is 0 Å². The van der Waals surface area contributed by atoms with Gasteiger partial charge in [0.25, 0.3) is 0 Å². The predicted octanol–water partition coefficient (Wildman–Crippen LogP) is 1.27. The summed E-state index contributed by atoms with van der Waals surface area (Å²) >= 11 is 0. The number of sulfonamides is 1. The quantitative estimate of drug-likeness (QED) is 0.853. The minimum atomic E-state index is -3.58. The normalized spacial score (nSPS) is 24.7. The first kappa shape index (κ1) is 14.7. The maximum Gasteiger partial charge on any atom is 0.243 e. The Hall–Kier alpha value is -1.18. The molecule has 0 aliphatic carbocycles. The van der Waals surface area contributed by atoms with E-state index in [0.717, 1.165) is 25.6 Å². The third-order valence-corrected chi connectivity index (χ3v) is 6.25. The van der Waals surface area contributed by atoms with Gasteiger partial charge in [0, 0.05) is 19.1 Å². The molecule has 3 rings (SSSR count). The third-order valence-electron chi connectivity index (χ3n) is 4.39. The van der Waals surface area contributed by atoms with E-state index in [1.54, 1.807) is 0 Å². The largest absolute Gasteiger partial charge is 0.396 e. The highest BCUT2D eigenvalue weighted by atomic mass is 32.2. The standard InChI is InChI=1S/C14H20FN3O2S/c15-13-4-3-12(9-14(13)16)21(19,20)18-8-5-11(10-18)17-6-1-2-7-17/h3-4,9,11H,1-2,5-8,10,16H2. The molecule has 2 aliphatic rings. The summed E-state index contributed by atoms with van der Waals surface area (Å²) in [5.74, 6) is -0.592. The van der Waals surface area contributed by atoms with E-state index >= 15 is 0 Å². The van der Waals surface area contributed by atoms with Gasteiger partial charge in [-0.3, -0.25) is 4.90 Å². The fourth-order valence-electron chi connectivity index (χ4n) is 3.17. The number of nitrogens with zero attached hydrogens (tertiary/aromatic N) is 2. The fourth-order valence-corrected chi connectivity index (χ4v) is 4.69. The average molecular weight is 313 g/mol. The van der Waals surface area contributed by atoms with Gasteiger partial charge in [-0.05, 0) is 50.6 Å². The van der Waals surface area contributed by atoms with Crippen LogP contribution in [0.4, 0.5) is 10.1 Å². The van der Waals surface area contributed by atoms with E-state index in [2.05, 4.69) is 4.90 Å². The average Bonchev–Trinajstić information content (AvgIpc) is 3.11. The lowest BCUT2D eigenvalue weighted by atomic mass is 10.2. The molecular weight excluding hydrogens is 293 g/mol. The molecule has 2 heterocycles. The molecular formula is C14H20FN3O2S. The summed E-state index contributed by atoms with van der Waals surface area (Å²) in [4.78, 5) is 2.44. The molecule has 2 fully saturated rings. The molecule has 1 unspecified atom stereocenters. The summed E-state index contributed by atoms with van der Waals surface area (Å²) in [5.41, 5.74) is 5.34. The molecule has 1 aromatic rings. The van der Waals surface area contributed by atoms with E-state index in [9.17, 15) is 12.8 Å². The maximum atomic E-state index is 13.2. The molecule has 0 spiro atoms. The first-order chi connectivity index (χ1) is 9.98. The van der Waals surface area contributed by atoms with Gasteiger partial charge in [0.2, 0.25) is 10.0 Å². The maximum absolute atomic E-state index is 13.2. The van der Waals surface area contributed by atoms with Gasteiger partial charge in [-0.1, -0.05) is 0 Å². The van der Waals surface area contributed by atoms with Crippen LogP contribution in [0.3, 0.4) is 0 Å². The lowest BCUT2D eigenvalue weighted by Crippen LogP contribution is -2.37. The van der Waals surface area contributed by atoms with Crippen molar-refractivity contribution in [2.45, 2.75) is 30.2 Å². The number of halogens is 1. The number of benzene rings is 1. The molecule has 7 heteroatoms. The molecule has 0 amide bonds. The molecule has 116 valence electrons. The van der Waals surface area contributed by atoms with Gasteiger partial charge in [0.05, 0.1) is 10.6 Å². The van der Waals surface area contributed by atoms with Crippen molar-refractivity contribution in [3.8, 4) is 0 Å². The Morgan fingerprint density at radius 2 is 1.90 bits per heavy atom. The van der Waals surface area contributed by atoms with Crippen molar-refractivity contribution in [3.63, 3.8) is 0 Å². The molecule has 2 aliphatic heterocycles. The minimum Gasteiger partial charge on any atom is -0.396 e. The van der Waals surface area contributed by atoms with Crippen LogP contribution in [-0.2, 0) is 10.0 Å². The van der Waals surface area contributed by atoms with Gasteiger partial charge in [-0.25, -0.2) is 12.8 Å². The van der Waals surface area contributed by atoms with E-state index in [1.165, 1.54) is 29.3 Å². The van der Waals surface area contributed by atoms with Crippen LogP contribution in [0, 0.1) is 5.82 Å². The van der Waals surface area contributed by atoms with Gasteiger partial charge >= 0.3 is 0 Å². The van der Waals surface area contributed by atoms with Crippen molar-refractivity contribution >= 4 is 15.7 Å². The monoisotopic (exact) mass is 313 g/mol. The summed E-state index contributed by atoms with van der Waals surface area (Å²) in [5, 5.41) is 0. The molecule has 1 atom stereocenters. The SMILES string of the molecule is Nc1cc(S(=O)(=O)N2CCC(N3CCCC3)C2)ccc1F. The minimum absolute atomic E-state index is 0.0727. The number of hydrogen-bond donors (Lipinski definition) is 1. The second-order valence-electron chi connectivity index (χ2n) is 5.73. The Kier molecular flexibility index (Phi) is 3.90. The summed E-state index contributed by atoms with van der Waals surface area (Å²) < 4.78 is 39.9. The van der Waals surface area contributed by atoms with E-state index in [0.29, 0.717) is 19.1 Å². The highest BCUT2D eigenvalue weighted by Crippen LogP contribution is 2.27. The van der Waals surface area contributed by atoms with Crippen LogP contribution < -0.4 is 5.73 Å². The summed E-state index contributed by atoms with van der Waals surface area (Å²) in [6.07, 6.45) is 3.24. The summed E-state index contributed by atoms with van der Waals surface area (Å²) in [6.45, 7) is 3.14. The Labute approximate surface area is 124 Å². The number of rotatable bonds is 3. The van der Waals surface area contributed by atoms with Gasteiger partial charge in [-0.15, -0.1) is 0 Å². The van der Waals surface area contributed by atoms with E-state index in [1.807, 2.05) is 0 Å². The summed E-state index contributed by atoms with van der Waals surface area (Å²) in [7, 11) is -3.58. The molecule has 21 heavy (non-hydrogen) atoms. The highest BCUT2D eigenvalue weighted by molar-refractivity contribution is 7.89. The van der Waals surface area contributed by atoms with Gasteiger partial charge in [0.15, 0.2) is 0 Å². The van der Waals surface area contributed by atoms with Crippen LogP contribution in [0.2, 0.25) is 0 Å². The Morgan fingerprint density at radius 3 is 2.57 bits per heavy atom. The molecule has 2 N–H and O–H groups in total. The number of anilines is 1. The van der Waals surface area contributed by atoms with Crippen molar-refractivity contribution in [2.24, 2.45) is 0 Å². The lowest BCUT2D eigenvalue weighted by molar-refractivity contribution is 0.251. The number of nitrogens with two attached hydrogens (primary N) is 1. The highest BCUT2D eigenvalue weighted by Gasteiger charge is 2.36. The molecule has 0 radical (unpaired) electrons. The zero-order valence-electron chi connectivity index (χ0n) is 11.8. The molecule has 0 bridgehead atoms. The topological polar surface area (TPSA) is 66.6 Å². The van der Waals surface area contributed by atoms with Crippen molar-refractivity contribution in [2.75, 3.05) is 31.9 Å². The van der Waals surface area contributed by atoms with Crippen molar-refractivity contribution in [1.82, 2.24) is 9.21 Å². The third kappa shape index (κ3) is 2.77. The smallest absolute Gasteiger partial charge is 0.243 e. The van der Waals surface area contributed by atoms with Crippen LogP contribution in [0.1, 0.15) is 19.3 Å². The summed E-state index contributed by atoms with van der Waals surface area (Å²) in [6, 6.07) is 3.90.